The Labute approximate surface area is 78.8 Å². The molecule has 0 saturated carbocycles. The Kier molecular flexibility index (Phi) is 2.23. The van der Waals surface area contributed by atoms with Crippen molar-refractivity contribution in [1.82, 2.24) is 4.90 Å². The van der Waals surface area contributed by atoms with Crippen LogP contribution in [0.15, 0.2) is 24.3 Å². The number of hydrogen-bond acceptors (Lipinski definition) is 2. The third-order valence-electron chi connectivity index (χ3n) is 2.73. The minimum absolute atomic E-state index is 0.382. The summed E-state index contributed by atoms with van der Waals surface area (Å²) in [5, 5.41) is 9.33. The zero-order chi connectivity index (χ0) is 9.26. The van der Waals surface area contributed by atoms with Gasteiger partial charge in [0, 0.05) is 6.54 Å². The van der Waals surface area contributed by atoms with Crippen molar-refractivity contribution in [2.24, 2.45) is 0 Å². The molecule has 1 aromatic rings. The number of hydrogen-bond donors (Lipinski definition) is 1. The largest absolute Gasteiger partial charge is 0.508 e. The molecular formula is C11H15NO. The number of likely N-dealkylation sites (N-methyl/N-ethyl adjacent to an activating group) is 1. The maximum atomic E-state index is 9.33. The van der Waals surface area contributed by atoms with Crippen LogP contribution in [0.3, 0.4) is 0 Å². The van der Waals surface area contributed by atoms with Gasteiger partial charge >= 0.3 is 0 Å². The molecule has 1 N–H and O–H groups in total. The highest BCUT2D eigenvalue weighted by molar-refractivity contribution is 5.30. The third-order valence-corrected chi connectivity index (χ3v) is 2.73. The fourth-order valence-electron chi connectivity index (χ4n) is 1.99. The highest BCUT2D eigenvalue weighted by Crippen LogP contribution is 2.27. The molecule has 2 heteroatoms. The van der Waals surface area contributed by atoms with E-state index in [4.69, 9.17) is 0 Å². The van der Waals surface area contributed by atoms with Gasteiger partial charge in [-0.3, -0.25) is 0 Å². The molecule has 1 aliphatic rings. The standard InChI is InChI=1S/C11H15NO/c1-12-6-5-10(8-12)9-3-2-4-11(13)7-9/h2-4,7,10,13H,5-6,8H2,1H3. The number of nitrogens with zero attached hydrogens (tertiary/aromatic N) is 1. The van der Waals surface area contributed by atoms with Crippen LogP contribution in [0.2, 0.25) is 0 Å². The lowest BCUT2D eigenvalue weighted by atomic mass is 9.98. The Morgan fingerprint density at radius 2 is 2.31 bits per heavy atom. The molecule has 0 amide bonds. The summed E-state index contributed by atoms with van der Waals surface area (Å²) in [6.45, 7) is 2.28. The second-order valence-corrected chi connectivity index (χ2v) is 3.84. The first-order valence-electron chi connectivity index (χ1n) is 4.73. The molecule has 0 bridgehead atoms. The molecule has 1 aliphatic heterocycles. The fraction of sp³-hybridized carbons (Fsp3) is 0.455. The molecule has 1 aromatic carbocycles. The van der Waals surface area contributed by atoms with Gasteiger partial charge in [-0.05, 0) is 43.6 Å². The Hall–Kier alpha value is -1.02. The number of aromatic hydroxyl groups is 1. The van der Waals surface area contributed by atoms with Crippen molar-refractivity contribution in [2.45, 2.75) is 12.3 Å². The van der Waals surface area contributed by atoms with Crippen molar-refractivity contribution < 1.29 is 5.11 Å². The maximum absolute atomic E-state index is 9.33. The molecule has 1 fully saturated rings. The van der Waals surface area contributed by atoms with Gasteiger partial charge in [-0.2, -0.15) is 0 Å². The summed E-state index contributed by atoms with van der Waals surface area (Å²) in [4.78, 5) is 2.33. The third kappa shape index (κ3) is 1.83. The average molecular weight is 177 g/mol. The minimum atomic E-state index is 0.382. The zero-order valence-corrected chi connectivity index (χ0v) is 7.90. The van der Waals surface area contributed by atoms with Gasteiger partial charge < -0.3 is 10.0 Å². The summed E-state index contributed by atoms with van der Waals surface area (Å²) in [7, 11) is 2.14. The van der Waals surface area contributed by atoms with E-state index in [-0.39, 0.29) is 0 Å². The first-order valence-corrected chi connectivity index (χ1v) is 4.73. The summed E-state index contributed by atoms with van der Waals surface area (Å²) in [5.41, 5.74) is 1.27. The molecule has 0 spiro atoms. The van der Waals surface area contributed by atoms with Crippen LogP contribution in [0.25, 0.3) is 0 Å². The van der Waals surface area contributed by atoms with Crippen LogP contribution in [0, 0.1) is 0 Å². The number of benzene rings is 1. The Morgan fingerprint density at radius 1 is 1.46 bits per heavy atom. The summed E-state index contributed by atoms with van der Waals surface area (Å²) in [6.07, 6.45) is 1.21. The molecule has 2 nitrogen and oxygen atoms in total. The van der Waals surface area contributed by atoms with E-state index in [1.807, 2.05) is 12.1 Å². The fourth-order valence-corrected chi connectivity index (χ4v) is 1.99. The van der Waals surface area contributed by atoms with Gasteiger partial charge in [0.15, 0.2) is 0 Å². The Balaban J connectivity index is 2.16. The first kappa shape index (κ1) is 8.57. The van der Waals surface area contributed by atoms with Gasteiger partial charge in [0.1, 0.15) is 5.75 Å². The van der Waals surface area contributed by atoms with E-state index in [0.29, 0.717) is 11.7 Å². The van der Waals surface area contributed by atoms with Crippen LogP contribution in [0.5, 0.6) is 5.75 Å². The van der Waals surface area contributed by atoms with Gasteiger partial charge in [0.05, 0.1) is 0 Å². The van der Waals surface area contributed by atoms with Crippen LogP contribution in [-0.4, -0.2) is 30.1 Å². The second kappa shape index (κ2) is 3.38. The van der Waals surface area contributed by atoms with E-state index < -0.39 is 0 Å². The quantitative estimate of drug-likeness (QED) is 0.707. The Bertz CT molecular complexity index is 298. The summed E-state index contributed by atoms with van der Waals surface area (Å²) in [6, 6.07) is 7.62. The van der Waals surface area contributed by atoms with Crippen molar-refractivity contribution >= 4 is 0 Å². The monoisotopic (exact) mass is 177 g/mol. The first-order chi connectivity index (χ1) is 6.25. The van der Waals surface area contributed by atoms with E-state index in [1.54, 1.807) is 6.07 Å². The topological polar surface area (TPSA) is 23.5 Å². The molecule has 13 heavy (non-hydrogen) atoms. The number of phenols is 1. The number of likely N-dealkylation sites (tertiary alicyclic amines) is 1. The molecule has 1 atom stereocenters. The lowest BCUT2D eigenvalue weighted by molar-refractivity contribution is 0.411. The summed E-state index contributed by atoms with van der Waals surface area (Å²) >= 11 is 0. The average Bonchev–Trinajstić information content (AvgIpc) is 2.52. The van der Waals surface area contributed by atoms with Crippen LogP contribution in [0.4, 0.5) is 0 Å². The van der Waals surface area contributed by atoms with Crippen LogP contribution in [0.1, 0.15) is 17.9 Å². The molecule has 0 radical (unpaired) electrons. The number of phenolic OH excluding ortho intramolecular Hbond substituents is 1. The smallest absolute Gasteiger partial charge is 0.115 e. The van der Waals surface area contributed by atoms with E-state index in [2.05, 4.69) is 18.0 Å². The van der Waals surface area contributed by atoms with Crippen molar-refractivity contribution in [2.75, 3.05) is 20.1 Å². The second-order valence-electron chi connectivity index (χ2n) is 3.84. The number of rotatable bonds is 1. The van der Waals surface area contributed by atoms with Gasteiger partial charge in [0.2, 0.25) is 0 Å². The van der Waals surface area contributed by atoms with Gasteiger partial charge in [-0.1, -0.05) is 12.1 Å². The van der Waals surface area contributed by atoms with Gasteiger partial charge in [0.25, 0.3) is 0 Å². The van der Waals surface area contributed by atoms with E-state index in [9.17, 15) is 5.11 Å². The van der Waals surface area contributed by atoms with Crippen LogP contribution >= 0.6 is 0 Å². The predicted octanol–water partition coefficient (Wildman–Crippen LogP) is 1.81. The molecule has 1 heterocycles. The van der Waals surface area contributed by atoms with Crippen LogP contribution < -0.4 is 0 Å². The van der Waals surface area contributed by atoms with E-state index in [1.165, 1.54) is 18.5 Å². The lowest BCUT2D eigenvalue weighted by Crippen LogP contribution is -2.13. The van der Waals surface area contributed by atoms with Gasteiger partial charge in [-0.15, -0.1) is 0 Å². The molecule has 70 valence electrons. The Morgan fingerprint density at radius 3 is 2.92 bits per heavy atom. The molecule has 0 aromatic heterocycles. The van der Waals surface area contributed by atoms with E-state index >= 15 is 0 Å². The van der Waals surface area contributed by atoms with E-state index in [0.717, 1.165) is 6.54 Å². The normalized spacial score (nSPS) is 23.6. The van der Waals surface area contributed by atoms with Gasteiger partial charge in [-0.25, -0.2) is 0 Å². The molecule has 1 unspecified atom stereocenters. The maximum Gasteiger partial charge on any atom is 0.115 e. The predicted molar refractivity (Wildman–Crippen MR) is 53.0 cm³/mol. The molecular weight excluding hydrogens is 162 g/mol. The highest BCUT2D eigenvalue weighted by Gasteiger charge is 2.20. The van der Waals surface area contributed by atoms with Crippen molar-refractivity contribution in [3.63, 3.8) is 0 Å². The molecule has 0 aliphatic carbocycles. The van der Waals surface area contributed by atoms with Crippen LogP contribution in [-0.2, 0) is 0 Å². The molecule has 2 rings (SSSR count). The minimum Gasteiger partial charge on any atom is -0.508 e. The lowest BCUT2D eigenvalue weighted by Gasteiger charge is -2.10. The summed E-state index contributed by atoms with van der Waals surface area (Å²) in [5.74, 6) is 0.990. The summed E-state index contributed by atoms with van der Waals surface area (Å²) < 4.78 is 0. The van der Waals surface area contributed by atoms with Crippen molar-refractivity contribution in [3.05, 3.63) is 29.8 Å². The highest BCUT2D eigenvalue weighted by atomic mass is 16.3. The SMILES string of the molecule is CN1CCC(c2cccc(O)c2)C1. The zero-order valence-electron chi connectivity index (χ0n) is 7.90. The van der Waals surface area contributed by atoms with Crippen molar-refractivity contribution in [1.29, 1.82) is 0 Å². The molecule has 1 saturated heterocycles. The van der Waals surface area contributed by atoms with Crippen molar-refractivity contribution in [3.8, 4) is 5.75 Å².